The molecule has 14 heteroatoms. The van der Waals surface area contributed by atoms with E-state index in [1.54, 1.807) is 37.3 Å². The molecule has 2 aromatic carbocycles. The summed E-state index contributed by atoms with van der Waals surface area (Å²) in [4.78, 5) is 79.8. The molecule has 1 saturated heterocycles. The van der Waals surface area contributed by atoms with Gasteiger partial charge < -0.3 is 42.1 Å². The van der Waals surface area contributed by atoms with Gasteiger partial charge in [0.25, 0.3) is 0 Å². The Bertz CT molecular complexity index is 1470. The maximum atomic E-state index is 13.7. The van der Waals surface area contributed by atoms with Crippen molar-refractivity contribution in [1.29, 1.82) is 0 Å². The molecule has 2 aromatic rings. The highest BCUT2D eigenvalue weighted by molar-refractivity contribution is 5.96. The van der Waals surface area contributed by atoms with Crippen molar-refractivity contribution in [2.24, 2.45) is 11.7 Å². The topological polar surface area (TPSA) is 220 Å². The Morgan fingerprint density at radius 3 is 1.86 bits per heavy atom. The fraction of sp³-hybridized carbons (Fsp3) is 0.500. The SMILES string of the molecule is CCC(C)C(NC(=O)C(N)Cc1ccccc1)C(=O)NC(C(=O)NC(Cc1ccccc1)C(=O)NC(C)C(=O)N1CCCC1C(=O)O)C(C)O. The molecule has 0 saturated carbocycles. The van der Waals surface area contributed by atoms with E-state index in [1.165, 1.54) is 18.7 Å². The highest BCUT2D eigenvalue weighted by Gasteiger charge is 2.38. The molecule has 0 aliphatic carbocycles. The number of aliphatic hydroxyl groups is 1. The van der Waals surface area contributed by atoms with Gasteiger partial charge in [0.15, 0.2) is 0 Å². The average Bonchev–Trinajstić information content (AvgIpc) is 3.59. The first-order valence-electron chi connectivity index (χ1n) is 17.0. The van der Waals surface area contributed by atoms with Crippen molar-refractivity contribution in [2.45, 2.75) is 102 Å². The van der Waals surface area contributed by atoms with Crippen LogP contribution in [-0.4, -0.2) is 99.5 Å². The molecular formula is C36H50N6O8. The van der Waals surface area contributed by atoms with Gasteiger partial charge in [-0.05, 0) is 50.2 Å². The first-order chi connectivity index (χ1) is 23.7. The molecule has 1 heterocycles. The lowest BCUT2D eigenvalue weighted by Gasteiger charge is -2.30. The predicted molar refractivity (Wildman–Crippen MR) is 185 cm³/mol. The van der Waals surface area contributed by atoms with Gasteiger partial charge in [0.05, 0.1) is 12.1 Å². The molecule has 0 spiro atoms. The van der Waals surface area contributed by atoms with Crippen molar-refractivity contribution in [3.63, 3.8) is 0 Å². The number of aliphatic carboxylic acids is 1. The second kappa shape index (κ2) is 18.8. The van der Waals surface area contributed by atoms with Crippen LogP contribution in [0.25, 0.3) is 0 Å². The number of amides is 5. The summed E-state index contributed by atoms with van der Waals surface area (Å²) in [6, 6.07) is 11.1. The third-order valence-corrected chi connectivity index (χ3v) is 8.96. The summed E-state index contributed by atoms with van der Waals surface area (Å²) in [5.41, 5.74) is 7.68. The van der Waals surface area contributed by atoms with Gasteiger partial charge >= 0.3 is 5.97 Å². The van der Waals surface area contributed by atoms with Crippen LogP contribution in [0.3, 0.4) is 0 Å². The summed E-state index contributed by atoms with van der Waals surface area (Å²) < 4.78 is 0. The largest absolute Gasteiger partial charge is 0.480 e. The van der Waals surface area contributed by atoms with Crippen LogP contribution in [0.2, 0.25) is 0 Å². The molecule has 14 nitrogen and oxygen atoms in total. The van der Waals surface area contributed by atoms with Crippen LogP contribution >= 0.6 is 0 Å². The molecule has 0 aromatic heterocycles. The maximum absolute atomic E-state index is 13.7. The van der Waals surface area contributed by atoms with Crippen LogP contribution in [0.4, 0.5) is 0 Å². The van der Waals surface area contributed by atoms with Crippen LogP contribution in [-0.2, 0) is 41.6 Å². The van der Waals surface area contributed by atoms with Gasteiger partial charge in [-0.3, -0.25) is 24.0 Å². The van der Waals surface area contributed by atoms with Gasteiger partial charge in [-0.25, -0.2) is 4.79 Å². The number of nitrogens with two attached hydrogens (primary N) is 1. The number of likely N-dealkylation sites (tertiary alicyclic amines) is 1. The van der Waals surface area contributed by atoms with Crippen LogP contribution in [0.1, 0.15) is 58.1 Å². The Kier molecular flexibility index (Phi) is 14.9. The molecule has 1 fully saturated rings. The Labute approximate surface area is 292 Å². The quantitative estimate of drug-likeness (QED) is 0.121. The van der Waals surface area contributed by atoms with E-state index in [0.29, 0.717) is 24.8 Å². The van der Waals surface area contributed by atoms with E-state index < -0.39 is 77.9 Å². The molecule has 5 amide bonds. The van der Waals surface area contributed by atoms with Crippen molar-refractivity contribution >= 4 is 35.5 Å². The fourth-order valence-electron chi connectivity index (χ4n) is 5.80. The number of carboxylic acids is 1. The number of aliphatic hydroxyl groups excluding tert-OH is 1. The lowest BCUT2D eigenvalue weighted by atomic mass is 9.96. The van der Waals surface area contributed by atoms with Crippen molar-refractivity contribution < 1.29 is 39.0 Å². The first kappa shape index (κ1) is 39.6. The maximum Gasteiger partial charge on any atom is 0.326 e. The molecule has 0 bridgehead atoms. The lowest BCUT2D eigenvalue weighted by Crippen LogP contribution is -2.62. The minimum Gasteiger partial charge on any atom is -0.480 e. The summed E-state index contributed by atoms with van der Waals surface area (Å²) >= 11 is 0. The molecule has 8 N–H and O–H groups in total. The van der Waals surface area contributed by atoms with Gasteiger partial charge in [-0.1, -0.05) is 80.9 Å². The minimum absolute atomic E-state index is 0.00607. The Balaban J connectivity index is 1.75. The van der Waals surface area contributed by atoms with E-state index >= 15 is 0 Å². The normalized spacial score (nSPS) is 18.4. The van der Waals surface area contributed by atoms with Gasteiger partial charge in [0, 0.05) is 13.0 Å². The van der Waals surface area contributed by atoms with E-state index in [-0.39, 0.29) is 25.3 Å². The second-order valence-corrected chi connectivity index (χ2v) is 12.9. The van der Waals surface area contributed by atoms with Crippen molar-refractivity contribution in [2.75, 3.05) is 6.54 Å². The van der Waals surface area contributed by atoms with E-state index in [1.807, 2.05) is 37.3 Å². The number of carboxylic acid groups (broad SMARTS) is 1. The van der Waals surface area contributed by atoms with E-state index in [2.05, 4.69) is 21.3 Å². The van der Waals surface area contributed by atoms with E-state index in [9.17, 15) is 39.0 Å². The van der Waals surface area contributed by atoms with Crippen molar-refractivity contribution in [3.8, 4) is 0 Å². The van der Waals surface area contributed by atoms with Crippen LogP contribution in [0.15, 0.2) is 60.7 Å². The highest BCUT2D eigenvalue weighted by Crippen LogP contribution is 2.19. The number of nitrogens with one attached hydrogen (secondary N) is 4. The minimum atomic E-state index is -1.52. The summed E-state index contributed by atoms with van der Waals surface area (Å²) in [7, 11) is 0. The number of benzene rings is 2. The number of rotatable bonds is 17. The monoisotopic (exact) mass is 694 g/mol. The Morgan fingerprint density at radius 1 is 0.780 bits per heavy atom. The zero-order valence-corrected chi connectivity index (χ0v) is 29.0. The molecule has 3 rings (SSSR count). The van der Waals surface area contributed by atoms with Crippen molar-refractivity contribution in [3.05, 3.63) is 71.8 Å². The number of carbonyl (C=O) groups is 6. The molecule has 50 heavy (non-hydrogen) atoms. The zero-order valence-electron chi connectivity index (χ0n) is 29.0. The highest BCUT2D eigenvalue weighted by atomic mass is 16.4. The number of hydrogen-bond donors (Lipinski definition) is 7. The molecule has 1 aliphatic heterocycles. The van der Waals surface area contributed by atoms with E-state index in [0.717, 1.165) is 5.56 Å². The lowest BCUT2D eigenvalue weighted by molar-refractivity contribution is -0.149. The average molecular weight is 695 g/mol. The fourth-order valence-corrected chi connectivity index (χ4v) is 5.80. The molecule has 8 atom stereocenters. The third-order valence-electron chi connectivity index (χ3n) is 8.96. The molecule has 1 aliphatic rings. The smallest absolute Gasteiger partial charge is 0.326 e. The molecule has 8 unspecified atom stereocenters. The third kappa shape index (κ3) is 11.1. The van der Waals surface area contributed by atoms with Crippen LogP contribution in [0, 0.1) is 5.92 Å². The summed E-state index contributed by atoms with van der Waals surface area (Å²) in [6.07, 6.45) is 0.169. The van der Waals surface area contributed by atoms with Gasteiger partial charge in [0.1, 0.15) is 30.2 Å². The number of carbonyl (C=O) groups excluding carboxylic acids is 5. The number of hydrogen-bond acceptors (Lipinski definition) is 8. The Hall–Kier alpha value is -4.82. The number of nitrogens with zero attached hydrogens (tertiary/aromatic N) is 1. The summed E-state index contributed by atoms with van der Waals surface area (Å²) in [5, 5.41) is 30.6. The summed E-state index contributed by atoms with van der Waals surface area (Å²) in [6.45, 7) is 6.58. The zero-order chi connectivity index (χ0) is 37.0. The van der Waals surface area contributed by atoms with Crippen LogP contribution in [0.5, 0.6) is 0 Å². The van der Waals surface area contributed by atoms with Gasteiger partial charge in [0.2, 0.25) is 29.5 Å². The predicted octanol–water partition coefficient (Wildman–Crippen LogP) is 0.261. The molecular weight excluding hydrogens is 644 g/mol. The van der Waals surface area contributed by atoms with Crippen LogP contribution < -0.4 is 27.0 Å². The second-order valence-electron chi connectivity index (χ2n) is 12.9. The first-order valence-corrected chi connectivity index (χ1v) is 17.0. The standard InChI is InChI=1S/C36H50N6O8/c1-5-21(2)29(40-31(44)26(37)19-24-13-8-6-9-14-24)33(46)41-30(23(4)43)34(47)39-27(20-25-15-10-7-11-16-25)32(45)38-22(3)35(48)42-18-12-17-28(42)36(49)50/h6-11,13-16,21-23,26-30,43H,5,12,17-20,37H2,1-4H3,(H,38,45)(H,39,47)(H,40,44)(H,41,46)(H,49,50). The molecule has 272 valence electrons. The van der Waals surface area contributed by atoms with Crippen molar-refractivity contribution in [1.82, 2.24) is 26.2 Å². The Morgan fingerprint density at radius 2 is 1.32 bits per heavy atom. The molecule has 0 radical (unpaired) electrons. The van der Waals surface area contributed by atoms with Gasteiger partial charge in [-0.15, -0.1) is 0 Å². The van der Waals surface area contributed by atoms with Gasteiger partial charge in [-0.2, -0.15) is 0 Å². The summed E-state index contributed by atoms with van der Waals surface area (Å²) in [5.74, 6) is -4.93. The van der Waals surface area contributed by atoms with E-state index in [4.69, 9.17) is 5.73 Å².